The summed E-state index contributed by atoms with van der Waals surface area (Å²) in [4.78, 5) is 14.6. The molecule has 134 valence electrons. The average molecular weight is 349 g/mol. The van der Waals surface area contributed by atoms with Crippen LogP contribution < -0.4 is 10.2 Å². The number of nitrogens with zero attached hydrogens (tertiary/aromatic N) is 2. The smallest absolute Gasteiger partial charge is 0.266 e. The van der Waals surface area contributed by atoms with Crippen molar-refractivity contribution in [1.29, 1.82) is 5.26 Å². The number of hydrogen-bond donors (Lipinski definition) is 1. The number of aryl methyl sites for hydroxylation is 1. The number of nitrogens with one attached hydrogen (secondary N) is 1. The maximum atomic E-state index is 12.3. The third-order valence-corrected chi connectivity index (χ3v) is 4.49. The van der Waals surface area contributed by atoms with Crippen LogP contribution in [0.15, 0.2) is 46.4 Å². The molecule has 0 saturated carbocycles. The van der Waals surface area contributed by atoms with Gasteiger partial charge in [0.15, 0.2) is 5.88 Å². The first kappa shape index (κ1) is 17.8. The van der Waals surface area contributed by atoms with Crippen LogP contribution in [-0.4, -0.2) is 19.0 Å². The monoisotopic (exact) mass is 349 g/mol. The van der Waals surface area contributed by atoms with E-state index < -0.39 is 5.91 Å². The van der Waals surface area contributed by atoms with E-state index in [2.05, 4.69) is 10.2 Å². The van der Waals surface area contributed by atoms with Crippen molar-refractivity contribution in [2.75, 3.05) is 23.3 Å². The summed E-state index contributed by atoms with van der Waals surface area (Å²) in [5.41, 5.74) is 1.78. The number of hydrogen-bond acceptors (Lipinski definition) is 4. The molecule has 0 bridgehead atoms. The van der Waals surface area contributed by atoms with Crippen LogP contribution in [-0.2, 0) is 4.79 Å². The number of anilines is 2. The predicted molar refractivity (Wildman–Crippen MR) is 103 cm³/mol. The number of rotatable bonds is 4. The minimum absolute atomic E-state index is 0.0161. The first-order valence-corrected chi connectivity index (χ1v) is 9.00. The molecule has 26 heavy (non-hydrogen) atoms. The van der Waals surface area contributed by atoms with Crippen LogP contribution >= 0.6 is 0 Å². The molecule has 0 radical (unpaired) electrons. The molecule has 1 aliphatic heterocycles. The molecule has 1 saturated heterocycles. The van der Waals surface area contributed by atoms with Crippen molar-refractivity contribution in [2.24, 2.45) is 0 Å². The second-order valence-electron chi connectivity index (χ2n) is 6.57. The summed E-state index contributed by atoms with van der Waals surface area (Å²) in [5, 5.41) is 12.1. The normalized spacial score (nSPS) is 15.2. The van der Waals surface area contributed by atoms with Crippen LogP contribution in [0.1, 0.15) is 37.0 Å². The summed E-state index contributed by atoms with van der Waals surface area (Å²) in [5.74, 6) is 0.873. The van der Waals surface area contributed by atoms with Crippen LogP contribution in [0.3, 0.4) is 0 Å². The number of carbonyl (C=O) groups excluding carboxylic acids is 1. The number of nitriles is 1. The van der Waals surface area contributed by atoms with Crippen LogP contribution in [0.25, 0.3) is 6.08 Å². The van der Waals surface area contributed by atoms with E-state index in [0.29, 0.717) is 11.4 Å². The Morgan fingerprint density at radius 1 is 1.12 bits per heavy atom. The molecule has 0 atom stereocenters. The summed E-state index contributed by atoms with van der Waals surface area (Å²) in [6.45, 7) is 3.94. The van der Waals surface area contributed by atoms with Gasteiger partial charge in [-0.3, -0.25) is 4.79 Å². The Morgan fingerprint density at radius 2 is 1.81 bits per heavy atom. The topological polar surface area (TPSA) is 69.3 Å². The summed E-state index contributed by atoms with van der Waals surface area (Å²) in [6.07, 6.45) is 6.32. The molecule has 5 heteroatoms. The van der Waals surface area contributed by atoms with Gasteiger partial charge >= 0.3 is 0 Å². The predicted octanol–water partition coefficient (Wildman–Crippen LogP) is 4.51. The number of carbonyl (C=O) groups is 1. The summed E-state index contributed by atoms with van der Waals surface area (Å²) in [6, 6.07) is 13.1. The van der Waals surface area contributed by atoms with Crippen molar-refractivity contribution in [3.05, 3.63) is 53.3 Å². The first-order chi connectivity index (χ1) is 12.7. The number of benzene rings is 1. The van der Waals surface area contributed by atoms with Crippen LogP contribution in [0, 0.1) is 18.3 Å². The fourth-order valence-electron chi connectivity index (χ4n) is 3.01. The molecule has 1 aliphatic rings. The minimum atomic E-state index is -0.441. The van der Waals surface area contributed by atoms with Gasteiger partial charge in [0.25, 0.3) is 5.91 Å². The largest absolute Gasteiger partial charge is 0.441 e. The van der Waals surface area contributed by atoms with Crippen molar-refractivity contribution in [1.82, 2.24) is 0 Å². The standard InChI is InChI=1S/C21H23N3O2/c1-16-6-8-18(9-7-16)23-21(25)17(15-22)14-19-10-11-20(26-19)24-12-4-2-3-5-13-24/h6-11,14H,2-5,12-13H2,1H3,(H,23,25)/b17-14+. The van der Waals surface area contributed by atoms with Crippen LogP contribution in [0.5, 0.6) is 0 Å². The highest BCUT2D eigenvalue weighted by atomic mass is 16.4. The fraction of sp³-hybridized carbons (Fsp3) is 0.333. The molecule has 1 aromatic carbocycles. The Labute approximate surface area is 153 Å². The molecule has 2 heterocycles. The fourth-order valence-corrected chi connectivity index (χ4v) is 3.01. The molecule has 0 aliphatic carbocycles. The molecule has 1 amide bonds. The Morgan fingerprint density at radius 3 is 2.46 bits per heavy atom. The van der Waals surface area contributed by atoms with Crippen LogP contribution in [0.2, 0.25) is 0 Å². The SMILES string of the molecule is Cc1ccc(NC(=O)/C(C#N)=C/c2ccc(N3CCCCCC3)o2)cc1. The molecule has 0 spiro atoms. The highest BCUT2D eigenvalue weighted by molar-refractivity contribution is 6.09. The molecule has 1 fully saturated rings. The van der Waals surface area contributed by atoms with Crippen molar-refractivity contribution in [3.8, 4) is 6.07 Å². The van der Waals surface area contributed by atoms with Crippen molar-refractivity contribution < 1.29 is 9.21 Å². The highest BCUT2D eigenvalue weighted by Gasteiger charge is 2.15. The lowest BCUT2D eigenvalue weighted by atomic mass is 10.2. The lowest BCUT2D eigenvalue weighted by Gasteiger charge is -2.18. The second-order valence-corrected chi connectivity index (χ2v) is 6.57. The van der Waals surface area contributed by atoms with Crippen molar-refractivity contribution in [2.45, 2.75) is 32.6 Å². The van der Waals surface area contributed by atoms with Gasteiger partial charge in [0.1, 0.15) is 17.4 Å². The van der Waals surface area contributed by atoms with Gasteiger partial charge in [0.05, 0.1) is 0 Å². The molecular formula is C21H23N3O2. The van der Waals surface area contributed by atoms with Gasteiger partial charge in [-0.1, -0.05) is 30.5 Å². The van der Waals surface area contributed by atoms with E-state index >= 15 is 0 Å². The van der Waals surface area contributed by atoms with Gasteiger partial charge in [0.2, 0.25) is 0 Å². The molecular weight excluding hydrogens is 326 g/mol. The summed E-state index contributed by atoms with van der Waals surface area (Å²) < 4.78 is 5.85. The zero-order chi connectivity index (χ0) is 18.4. The lowest BCUT2D eigenvalue weighted by molar-refractivity contribution is -0.112. The zero-order valence-electron chi connectivity index (χ0n) is 15.0. The second kappa shape index (κ2) is 8.39. The van der Waals surface area contributed by atoms with E-state index in [4.69, 9.17) is 4.42 Å². The Balaban J connectivity index is 1.71. The van der Waals surface area contributed by atoms with Gasteiger partial charge in [0, 0.05) is 30.9 Å². The Kier molecular flexibility index (Phi) is 5.75. The van der Waals surface area contributed by atoms with E-state index in [1.807, 2.05) is 43.3 Å². The van der Waals surface area contributed by atoms with E-state index in [-0.39, 0.29) is 5.57 Å². The quantitative estimate of drug-likeness (QED) is 0.651. The minimum Gasteiger partial charge on any atom is -0.441 e. The molecule has 2 aromatic rings. The maximum Gasteiger partial charge on any atom is 0.266 e. The molecule has 0 unspecified atom stereocenters. The molecule has 1 N–H and O–H groups in total. The van der Waals surface area contributed by atoms with Gasteiger partial charge in [-0.25, -0.2) is 0 Å². The van der Waals surface area contributed by atoms with Gasteiger partial charge < -0.3 is 14.6 Å². The first-order valence-electron chi connectivity index (χ1n) is 9.00. The van der Waals surface area contributed by atoms with Crippen molar-refractivity contribution in [3.63, 3.8) is 0 Å². The van der Waals surface area contributed by atoms with Gasteiger partial charge in [-0.2, -0.15) is 5.26 Å². The summed E-state index contributed by atoms with van der Waals surface area (Å²) >= 11 is 0. The van der Waals surface area contributed by atoms with E-state index in [9.17, 15) is 10.1 Å². The third-order valence-electron chi connectivity index (χ3n) is 4.49. The third kappa shape index (κ3) is 4.54. The van der Waals surface area contributed by atoms with E-state index in [1.165, 1.54) is 18.9 Å². The summed E-state index contributed by atoms with van der Waals surface area (Å²) in [7, 11) is 0. The average Bonchev–Trinajstić information content (AvgIpc) is 2.94. The van der Waals surface area contributed by atoms with Crippen molar-refractivity contribution >= 4 is 23.6 Å². The van der Waals surface area contributed by atoms with Gasteiger partial charge in [-0.15, -0.1) is 0 Å². The highest BCUT2D eigenvalue weighted by Crippen LogP contribution is 2.23. The number of furan rings is 1. The lowest BCUT2D eigenvalue weighted by Crippen LogP contribution is -2.23. The molecule has 5 nitrogen and oxygen atoms in total. The molecule has 3 rings (SSSR count). The van der Waals surface area contributed by atoms with E-state index in [1.54, 1.807) is 6.07 Å². The zero-order valence-corrected chi connectivity index (χ0v) is 15.0. The Hall–Kier alpha value is -3.00. The Bertz CT molecular complexity index is 820. The molecule has 1 aromatic heterocycles. The number of amides is 1. The van der Waals surface area contributed by atoms with E-state index in [0.717, 1.165) is 37.4 Å². The van der Waals surface area contributed by atoms with Gasteiger partial charge in [-0.05, 0) is 38.0 Å². The maximum absolute atomic E-state index is 12.3. The van der Waals surface area contributed by atoms with Crippen LogP contribution in [0.4, 0.5) is 11.6 Å².